The summed E-state index contributed by atoms with van der Waals surface area (Å²) in [6.07, 6.45) is 3.57. The van der Waals surface area contributed by atoms with E-state index in [0.717, 1.165) is 5.69 Å². The maximum absolute atomic E-state index is 12.4. The number of carbonyl (C=O) groups excluding carboxylic acids is 2. The van der Waals surface area contributed by atoms with Crippen molar-refractivity contribution in [1.29, 1.82) is 0 Å². The third kappa shape index (κ3) is 6.60. The summed E-state index contributed by atoms with van der Waals surface area (Å²) in [6.45, 7) is 2.09. The van der Waals surface area contributed by atoms with Crippen LogP contribution in [0.4, 0.5) is 11.4 Å². The van der Waals surface area contributed by atoms with Gasteiger partial charge in [-0.1, -0.05) is 24.3 Å². The van der Waals surface area contributed by atoms with Crippen molar-refractivity contribution >= 4 is 23.2 Å². The van der Waals surface area contributed by atoms with Crippen molar-refractivity contribution in [3.63, 3.8) is 0 Å². The first kappa shape index (κ1) is 21.9. The number of hydrogen-bond donors (Lipinski definition) is 1. The number of anilines is 2. The van der Waals surface area contributed by atoms with Gasteiger partial charge >= 0.3 is 11.8 Å². The summed E-state index contributed by atoms with van der Waals surface area (Å²) in [6, 6.07) is 18.7. The first-order valence-electron chi connectivity index (χ1n) is 10.1. The Kier molecular flexibility index (Phi) is 7.64. The summed E-state index contributed by atoms with van der Waals surface area (Å²) in [5.74, 6) is -0.666. The van der Waals surface area contributed by atoms with Gasteiger partial charge in [0, 0.05) is 57.0 Å². The molecular weight excluding hydrogens is 394 g/mol. The Labute approximate surface area is 182 Å². The summed E-state index contributed by atoms with van der Waals surface area (Å²) in [4.78, 5) is 28.3. The van der Waals surface area contributed by atoms with Crippen LogP contribution in [0.5, 0.6) is 5.75 Å². The van der Waals surface area contributed by atoms with Gasteiger partial charge in [-0.15, -0.1) is 0 Å². The minimum Gasteiger partial charge on any atom is -0.492 e. The number of carbonyl (C=O) groups is 2. The fourth-order valence-electron chi connectivity index (χ4n) is 2.92. The molecule has 31 heavy (non-hydrogen) atoms. The largest absolute Gasteiger partial charge is 0.492 e. The lowest BCUT2D eigenvalue weighted by Crippen LogP contribution is -2.40. The third-order valence-electron chi connectivity index (χ3n) is 4.75. The molecule has 1 heterocycles. The maximum atomic E-state index is 12.4. The van der Waals surface area contributed by atoms with Crippen LogP contribution in [0.2, 0.25) is 0 Å². The second kappa shape index (κ2) is 10.8. The van der Waals surface area contributed by atoms with Crippen molar-refractivity contribution in [2.45, 2.75) is 6.54 Å². The van der Waals surface area contributed by atoms with E-state index in [1.54, 1.807) is 42.2 Å². The van der Waals surface area contributed by atoms with E-state index in [1.165, 1.54) is 4.90 Å². The Bertz CT molecular complexity index is 976. The number of amides is 2. The standard InChI is InChI=1S/C23H27N5O3/c1-26(20-9-4-3-5-10-20)14-15-27(2)23(30)22(29)25-19-8-6-11-21(18-19)31-17-16-28-13-7-12-24-28/h3-13,18H,14-17H2,1-2H3,(H,25,29). The van der Waals surface area contributed by atoms with E-state index < -0.39 is 11.8 Å². The highest BCUT2D eigenvalue weighted by molar-refractivity contribution is 6.39. The maximum Gasteiger partial charge on any atom is 0.313 e. The predicted molar refractivity (Wildman–Crippen MR) is 120 cm³/mol. The van der Waals surface area contributed by atoms with Crippen molar-refractivity contribution in [2.75, 3.05) is 44.0 Å². The highest BCUT2D eigenvalue weighted by Crippen LogP contribution is 2.17. The van der Waals surface area contributed by atoms with E-state index >= 15 is 0 Å². The molecule has 0 atom stereocenters. The zero-order chi connectivity index (χ0) is 22.1. The molecule has 0 bridgehead atoms. The van der Waals surface area contributed by atoms with Crippen molar-refractivity contribution in [3.8, 4) is 5.75 Å². The summed E-state index contributed by atoms with van der Waals surface area (Å²) in [5.41, 5.74) is 1.56. The molecule has 0 aliphatic rings. The van der Waals surface area contributed by atoms with Gasteiger partial charge in [-0.05, 0) is 30.3 Å². The summed E-state index contributed by atoms with van der Waals surface area (Å²) in [5, 5.41) is 6.76. The number of para-hydroxylation sites is 1. The third-order valence-corrected chi connectivity index (χ3v) is 4.75. The second-order valence-corrected chi connectivity index (χ2v) is 7.08. The van der Waals surface area contributed by atoms with Crippen LogP contribution < -0.4 is 15.0 Å². The molecule has 2 aromatic carbocycles. The normalized spacial score (nSPS) is 10.4. The average molecular weight is 422 g/mol. The average Bonchev–Trinajstić information content (AvgIpc) is 3.31. The van der Waals surface area contributed by atoms with Crippen molar-refractivity contribution in [2.24, 2.45) is 0 Å². The number of aromatic nitrogens is 2. The Morgan fingerprint density at radius 3 is 2.58 bits per heavy atom. The Morgan fingerprint density at radius 2 is 1.84 bits per heavy atom. The first-order valence-corrected chi connectivity index (χ1v) is 10.1. The van der Waals surface area contributed by atoms with Crippen LogP contribution in [0.15, 0.2) is 73.1 Å². The van der Waals surface area contributed by atoms with E-state index in [0.29, 0.717) is 37.7 Å². The van der Waals surface area contributed by atoms with Crippen LogP contribution in [0.3, 0.4) is 0 Å². The van der Waals surface area contributed by atoms with Gasteiger partial charge in [-0.3, -0.25) is 14.3 Å². The number of hydrogen-bond acceptors (Lipinski definition) is 5. The SMILES string of the molecule is CN(CCN(C)c1ccccc1)C(=O)C(=O)Nc1cccc(OCCn2cccn2)c1. The Morgan fingerprint density at radius 1 is 1.03 bits per heavy atom. The fourth-order valence-corrected chi connectivity index (χ4v) is 2.92. The molecule has 8 heteroatoms. The number of rotatable bonds is 9. The molecule has 1 N–H and O–H groups in total. The molecule has 0 unspecified atom stereocenters. The molecule has 3 aromatic rings. The molecule has 1 aromatic heterocycles. The first-order chi connectivity index (χ1) is 15.0. The van der Waals surface area contributed by atoms with Gasteiger partial charge in [-0.25, -0.2) is 0 Å². The molecule has 0 aliphatic heterocycles. The van der Waals surface area contributed by atoms with Crippen molar-refractivity contribution in [3.05, 3.63) is 73.1 Å². The number of benzene rings is 2. The Hall–Kier alpha value is -3.81. The second-order valence-electron chi connectivity index (χ2n) is 7.08. The quantitative estimate of drug-likeness (QED) is 0.537. The van der Waals surface area contributed by atoms with Crippen LogP contribution in [-0.4, -0.2) is 60.3 Å². The predicted octanol–water partition coefficient (Wildman–Crippen LogP) is 2.50. The molecule has 8 nitrogen and oxygen atoms in total. The van der Waals surface area contributed by atoms with Crippen LogP contribution in [0.1, 0.15) is 0 Å². The monoisotopic (exact) mass is 421 g/mol. The summed E-state index contributed by atoms with van der Waals surface area (Å²) < 4.78 is 7.48. The van der Waals surface area contributed by atoms with Crippen LogP contribution in [0, 0.1) is 0 Å². The van der Waals surface area contributed by atoms with Gasteiger partial charge in [0.1, 0.15) is 12.4 Å². The minimum atomic E-state index is -0.682. The molecule has 162 valence electrons. The molecule has 0 aliphatic carbocycles. The fraction of sp³-hybridized carbons (Fsp3) is 0.261. The highest BCUT2D eigenvalue weighted by Gasteiger charge is 2.19. The van der Waals surface area contributed by atoms with E-state index in [4.69, 9.17) is 4.74 Å². The summed E-state index contributed by atoms with van der Waals surface area (Å²) >= 11 is 0. The van der Waals surface area contributed by atoms with Gasteiger partial charge in [-0.2, -0.15) is 5.10 Å². The van der Waals surface area contributed by atoms with E-state index in [1.807, 2.05) is 54.5 Å². The molecule has 0 radical (unpaired) electrons. The van der Waals surface area contributed by atoms with Gasteiger partial charge in [0.2, 0.25) is 0 Å². The summed E-state index contributed by atoms with van der Waals surface area (Å²) in [7, 11) is 3.57. The minimum absolute atomic E-state index is 0.425. The molecule has 0 saturated heterocycles. The molecule has 0 saturated carbocycles. The number of likely N-dealkylation sites (N-methyl/N-ethyl adjacent to an activating group) is 2. The molecule has 0 spiro atoms. The lowest BCUT2D eigenvalue weighted by Gasteiger charge is -2.23. The topological polar surface area (TPSA) is 79.7 Å². The lowest BCUT2D eigenvalue weighted by molar-refractivity contribution is -0.142. The zero-order valence-corrected chi connectivity index (χ0v) is 17.8. The molecular formula is C23H27N5O3. The van der Waals surface area contributed by atoms with Gasteiger partial charge in [0.05, 0.1) is 6.54 Å². The van der Waals surface area contributed by atoms with Crippen LogP contribution >= 0.6 is 0 Å². The number of nitrogens with one attached hydrogen (secondary N) is 1. The van der Waals surface area contributed by atoms with Gasteiger partial charge < -0.3 is 19.9 Å². The highest BCUT2D eigenvalue weighted by atomic mass is 16.5. The van der Waals surface area contributed by atoms with E-state index in [-0.39, 0.29) is 0 Å². The smallest absolute Gasteiger partial charge is 0.313 e. The van der Waals surface area contributed by atoms with Crippen molar-refractivity contribution < 1.29 is 14.3 Å². The van der Waals surface area contributed by atoms with E-state index in [2.05, 4.69) is 10.4 Å². The number of ether oxygens (including phenoxy) is 1. The zero-order valence-electron chi connectivity index (χ0n) is 17.8. The van der Waals surface area contributed by atoms with Gasteiger partial charge in [0.25, 0.3) is 0 Å². The van der Waals surface area contributed by atoms with Crippen LogP contribution in [-0.2, 0) is 16.1 Å². The number of nitrogens with zero attached hydrogens (tertiary/aromatic N) is 4. The molecule has 2 amide bonds. The molecule has 0 fully saturated rings. The molecule has 3 rings (SSSR count). The lowest BCUT2D eigenvalue weighted by atomic mass is 10.3. The van der Waals surface area contributed by atoms with Crippen LogP contribution in [0.25, 0.3) is 0 Å². The van der Waals surface area contributed by atoms with Gasteiger partial charge in [0.15, 0.2) is 0 Å². The van der Waals surface area contributed by atoms with E-state index in [9.17, 15) is 9.59 Å². The van der Waals surface area contributed by atoms with Crippen molar-refractivity contribution in [1.82, 2.24) is 14.7 Å². The Balaban J connectivity index is 1.46.